The van der Waals surface area contributed by atoms with Crippen molar-refractivity contribution in [2.24, 2.45) is 5.92 Å². The summed E-state index contributed by atoms with van der Waals surface area (Å²) in [6.45, 7) is 0. The van der Waals surface area contributed by atoms with Gasteiger partial charge in [0.25, 0.3) is 0 Å². The molecule has 3 nitrogen and oxygen atoms in total. The maximum Gasteiger partial charge on any atom is 0.150 e. The van der Waals surface area contributed by atoms with Crippen LogP contribution in [0.15, 0.2) is 18.2 Å². The average molecular weight is 302 g/mol. The summed E-state index contributed by atoms with van der Waals surface area (Å²) < 4.78 is 49.5. The van der Waals surface area contributed by atoms with E-state index in [-0.39, 0.29) is 29.8 Å². The zero-order valence-electron chi connectivity index (χ0n) is 10.9. The van der Waals surface area contributed by atoms with Gasteiger partial charge in [-0.15, -0.1) is 0 Å². The second-order valence-corrected chi connectivity index (χ2v) is 7.50. The Morgan fingerprint density at radius 1 is 1.15 bits per heavy atom. The van der Waals surface area contributed by atoms with Gasteiger partial charge in [0.05, 0.1) is 11.5 Å². The molecule has 0 amide bonds. The Labute approximate surface area is 116 Å². The smallest absolute Gasteiger partial charge is 0.150 e. The van der Waals surface area contributed by atoms with E-state index in [0.717, 1.165) is 12.4 Å². The monoisotopic (exact) mass is 302 g/mol. The summed E-state index contributed by atoms with van der Waals surface area (Å²) in [5.41, 5.74) is 0.430. The maximum atomic E-state index is 13.3. The summed E-state index contributed by atoms with van der Waals surface area (Å²) in [4.78, 5) is 10.8. The van der Waals surface area contributed by atoms with Gasteiger partial charge in [0.1, 0.15) is 27.8 Å². The number of hydrogen-bond acceptors (Lipinski definition) is 3. The molecule has 0 unspecified atom stereocenters. The largest absolute Gasteiger partial charge is 0.303 e. The van der Waals surface area contributed by atoms with Crippen LogP contribution < -0.4 is 0 Å². The molecule has 0 saturated carbocycles. The first kappa shape index (κ1) is 15.1. The maximum absolute atomic E-state index is 13.3. The van der Waals surface area contributed by atoms with Gasteiger partial charge < -0.3 is 4.79 Å². The number of benzene rings is 1. The first-order valence-corrected chi connectivity index (χ1v) is 8.33. The molecule has 0 aromatic heterocycles. The van der Waals surface area contributed by atoms with Crippen molar-refractivity contribution in [3.05, 3.63) is 35.4 Å². The highest BCUT2D eigenvalue weighted by atomic mass is 32.2. The first-order chi connectivity index (χ1) is 9.41. The van der Waals surface area contributed by atoms with E-state index in [2.05, 4.69) is 0 Å². The van der Waals surface area contributed by atoms with Crippen molar-refractivity contribution >= 4 is 16.1 Å². The van der Waals surface area contributed by atoms with Gasteiger partial charge in [0.2, 0.25) is 0 Å². The minimum Gasteiger partial charge on any atom is -0.303 e. The van der Waals surface area contributed by atoms with Gasteiger partial charge in [0, 0.05) is 12.5 Å². The molecule has 1 fully saturated rings. The lowest BCUT2D eigenvalue weighted by Crippen LogP contribution is -2.27. The molecule has 0 spiro atoms. The highest BCUT2D eigenvalue weighted by Crippen LogP contribution is 2.36. The molecule has 0 radical (unpaired) electrons. The van der Waals surface area contributed by atoms with E-state index in [1.807, 2.05) is 0 Å². The fraction of sp³-hybridized carbons (Fsp3) is 0.500. The number of rotatable bonds is 4. The van der Waals surface area contributed by atoms with Crippen LogP contribution in [0.3, 0.4) is 0 Å². The molecular formula is C14H16F2O3S. The van der Waals surface area contributed by atoms with Gasteiger partial charge in [-0.1, -0.05) is 0 Å². The van der Waals surface area contributed by atoms with Crippen LogP contribution in [0, 0.1) is 17.6 Å². The van der Waals surface area contributed by atoms with Gasteiger partial charge in [-0.3, -0.25) is 0 Å². The van der Waals surface area contributed by atoms with Gasteiger partial charge in [0.15, 0.2) is 0 Å². The summed E-state index contributed by atoms with van der Waals surface area (Å²) in [5.74, 6) is -1.58. The predicted octanol–water partition coefficient (Wildman–Crippen LogP) is 2.46. The van der Waals surface area contributed by atoms with Crippen LogP contribution in [0.5, 0.6) is 0 Å². The van der Waals surface area contributed by atoms with Crippen LogP contribution in [0.4, 0.5) is 8.78 Å². The minimum absolute atomic E-state index is 0.0371. The standard InChI is InChI=1S/C14H16F2O3S/c15-12-7-11(8-13(16)9-12)14(1-4-17)10-2-5-20(18,19)6-3-10/h4,7-10,14H,1-3,5-6H2/t14-/m1/s1. The van der Waals surface area contributed by atoms with Gasteiger partial charge in [-0.25, -0.2) is 17.2 Å². The van der Waals surface area contributed by atoms with E-state index in [4.69, 9.17) is 0 Å². The Kier molecular flexibility index (Phi) is 4.52. The van der Waals surface area contributed by atoms with Crippen molar-refractivity contribution in [2.75, 3.05) is 11.5 Å². The van der Waals surface area contributed by atoms with Crippen molar-refractivity contribution in [3.8, 4) is 0 Å². The van der Waals surface area contributed by atoms with Crippen molar-refractivity contribution in [1.82, 2.24) is 0 Å². The molecule has 1 aromatic rings. The summed E-state index contributed by atoms with van der Waals surface area (Å²) in [6, 6.07) is 3.23. The number of carbonyl (C=O) groups is 1. The lowest BCUT2D eigenvalue weighted by atomic mass is 9.80. The Balaban J connectivity index is 2.25. The zero-order valence-corrected chi connectivity index (χ0v) is 11.7. The summed E-state index contributed by atoms with van der Waals surface area (Å²) in [6.07, 6.45) is 1.72. The Bertz CT molecular complexity index is 564. The quantitative estimate of drug-likeness (QED) is 0.803. The van der Waals surface area contributed by atoms with Crippen LogP contribution in [0.1, 0.15) is 30.7 Å². The molecule has 0 N–H and O–H groups in total. The lowest BCUT2D eigenvalue weighted by molar-refractivity contribution is -0.108. The van der Waals surface area contributed by atoms with Gasteiger partial charge in [-0.05, 0) is 42.4 Å². The minimum atomic E-state index is -3.00. The van der Waals surface area contributed by atoms with Crippen LogP contribution in [-0.4, -0.2) is 26.2 Å². The molecule has 0 aliphatic carbocycles. The van der Waals surface area contributed by atoms with Crippen molar-refractivity contribution in [3.63, 3.8) is 0 Å². The Morgan fingerprint density at radius 2 is 1.70 bits per heavy atom. The fourth-order valence-corrected chi connectivity index (χ4v) is 4.33. The number of sulfone groups is 1. The number of aldehydes is 1. The second-order valence-electron chi connectivity index (χ2n) is 5.20. The molecule has 1 aliphatic heterocycles. The highest BCUT2D eigenvalue weighted by Gasteiger charge is 2.30. The van der Waals surface area contributed by atoms with E-state index < -0.39 is 21.5 Å². The van der Waals surface area contributed by atoms with E-state index in [0.29, 0.717) is 18.4 Å². The van der Waals surface area contributed by atoms with Gasteiger partial charge in [-0.2, -0.15) is 0 Å². The van der Waals surface area contributed by atoms with Crippen molar-refractivity contribution < 1.29 is 22.0 Å². The molecule has 1 heterocycles. The molecule has 1 atom stereocenters. The zero-order chi connectivity index (χ0) is 14.8. The third kappa shape index (κ3) is 3.62. The van der Waals surface area contributed by atoms with Crippen molar-refractivity contribution in [2.45, 2.75) is 25.2 Å². The van der Waals surface area contributed by atoms with Crippen LogP contribution in [0.2, 0.25) is 0 Å². The highest BCUT2D eigenvalue weighted by molar-refractivity contribution is 7.91. The molecule has 1 aromatic carbocycles. The summed E-state index contributed by atoms with van der Waals surface area (Å²) >= 11 is 0. The lowest BCUT2D eigenvalue weighted by Gasteiger charge is -2.29. The Morgan fingerprint density at radius 3 is 2.20 bits per heavy atom. The van der Waals surface area contributed by atoms with Crippen LogP contribution in [-0.2, 0) is 14.6 Å². The number of carbonyl (C=O) groups excluding carboxylic acids is 1. The predicted molar refractivity (Wildman–Crippen MR) is 71.2 cm³/mol. The van der Waals surface area contributed by atoms with Crippen LogP contribution >= 0.6 is 0 Å². The molecule has 1 aliphatic rings. The molecule has 0 bridgehead atoms. The molecule has 2 rings (SSSR count). The van der Waals surface area contributed by atoms with Crippen LogP contribution in [0.25, 0.3) is 0 Å². The molecular weight excluding hydrogens is 286 g/mol. The Hall–Kier alpha value is -1.30. The van der Waals surface area contributed by atoms with E-state index in [9.17, 15) is 22.0 Å². The average Bonchev–Trinajstić information content (AvgIpc) is 2.35. The fourth-order valence-electron chi connectivity index (χ4n) is 2.80. The third-order valence-corrected chi connectivity index (χ3v) is 5.55. The summed E-state index contributed by atoms with van der Waals surface area (Å²) in [5, 5.41) is 0. The molecule has 1 saturated heterocycles. The normalized spacial score (nSPS) is 20.5. The van der Waals surface area contributed by atoms with E-state index >= 15 is 0 Å². The van der Waals surface area contributed by atoms with Crippen molar-refractivity contribution in [1.29, 1.82) is 0 Å². The van der Waals surface area contributed by atoms with Gasteiger partial charge >= 0.3 is 0 Å². The second kappa shape index (κ2) is 5.99. The summed E-state index contributed by atoms with van der Waals surface area (Å²) in [7, 11) is -3.00. The molecule has 20 heavy (non-hydrogen) atoms. The van der Waals surface area contributed by atoms with E-state index in [1.54, 1.807) is 0 Å². The molecule has 6 heteroatoms. The topological polar surface area (TPSA) is 51.2 Å². The third-order valence-electron chi connectivity index (χ3n) is 3.83. The first-order valence-electron chi connectivity index (χ1n) is 6.51. The van der Waals surface area contributed by atoms with E-state index in [1.165, 1.54) is 12.1 Å². The molecule has 110 valence electrons. The number of halogens is 2. The SMILES string of the molecule is O=CC[C@@H](c1cc(F)cc(F)c1)C1CCS(=O)(=O)CC1. The number of hydrogen-bond donors (Lipinski definition) is 0.